The fourth-order valence-corrected chi connectivity index (χ4v) is 2.17. The van der Waals surface area contributed by atoms with Gasteiger partial charge in [0.2, 0.25) is 5.91 Å². The van der Waals surface area contributed by atoms with Crippen molar-refractivity contribution in [2.24, 2.45) is 0 Å². The molecule has 0 bridgehead atoms. The van der Waals surface area contributed by atoms with Gasteiger partial charge in [0.1, 0.15) is 6.04 Å². The minimum atomic E-state index is -0.0515. The van der Waals surface area contributed by atoms with Crippen molar-refractivity contribution in [1.29, 1.82) is 0 Å². The molecule has 1 rings (SSSR count). The summed E-state index contributed by atoms with van der Waals surface area (Å²) in [7, 11) is 1.63. The lowest BCUT2D eigenvalue weighted by atomic mass is 10.2. The lowest BCUT2D eigenvalue weighted by Gasteiger charge is -2.30. The summed E-state index contributed by atoms with van der Waals surface area (Å²) in [5, 5.41) is 2.88. The van der Waals surface area contributed by atoms with Gasteiger partial charge in [-0.2, -0.15) is 0 Å². The average Bonchev–Trinajstić information content (AvgIpc) is 2.60. The number of hydrogen-bond donors (Lipinski definition) is 1. The van der Waals surface area contributed by atoms with Gasteiger partial charge in [-0.25, -0.2) is 0 Å². The molecule has 0 spiro atoms. The summed E-state index contributed by atoms with van der Waals surface area (Å²) in [5.41, 5.74) is 1.07. The first-order chi connectivity index (χ1) is 7.57. The van der Waals surface area contributed by atoms with Crippen molar-refractivity contribution >= 4 is 5.91 Å². The molecular formula is C12H24N2O2. The van der Waals surface area contributed by atoms with Crippen molar-refractivity contribution in [3.8, 4) is 0 Å². The van der Waals surface area contributed by atoms with Crippen LogP contribution >= 0.6 is 0 Å². The maximum atomic E-state index is 11.9. The van der Waals surface area contributed by atoms with Crippen molar-refractivity contribution in [3.05, 3.63) is 12.3 Å². The van der Waals surface area contributed by atoms with E-state index < -0.39 is 0 Å². The molecule has 16 heavy (non-hydrogen) atoms. The van der Waals surface area contributed by atoms with Crippen LogP contribution in [0.15, 0.2) is 12.3 Å². The molecule has 0 aromatic carbocycles. The summed E-state index contributed by atoms with van der Waals surface area (Å²) in [6.07, 6.45) is 1.79. The predicted molar refractivity (Wildman–Crippen MR) is 66.1 cm³/mol. The van der Waals surface area contributed by atoms with Crippen LogP contribution in [0.5, 0.6) is 0 Å². The molecule has 1 N–H and O–H groups in total. The molecule has 1 unspecified atom stereocenters. The average molecular weight is 228 g/mol. The summed E-state index contributed by atoms with van der Waals surface area (Å²) in [4.78, 5) is 14.0. The maximum Gasteiger partial charge on any atom is 0.242 e. The smallest absolute Gasteiger partial charge is 0.242 e. The van der Waals surface area contributed by atoms with Crippen LogP contribution in [0.4, 0.5) is 0 Å². The molecule has 0 radical (unpaired) electrons. The number of allylic oxidation sites excluding steroid dienone is 1. The Kier molecular flexibility index (Phi) is 4.80. The predicted octanol–water partition coefficient (Wildman–Crippen LogP) is 1.38. The molecule has 1 atom stereocenters. The van der Waals surface area contributed by atoms with Gasteiger partial charge in [0, 0.05) is 26.8 Å². The van der Waals surface area contributed by atoms with E-state index in [4.69, 9.17) is 4.74 Å². The van der Waals surface area contributed by atoms with Crippen LogP contribution < -0.4 is 5.32 Å². The third kappa shape index (κ3) is 2.98. The number of carbonyl (C=O) groups excluding carboxylic acids is 1. The third-order valence-corrected chi connectivity index (χ3v) is 2.87. The maximum absolute atomic E-state index is 11.9. The third-order valence-electron chi connectivity index (χ3n) is 2.87. The van der Waals surface area contributed by atoms with Crippen molar-refractivity contribution < 1.29 is 11.0 Å². The van der Waals surface area contributed by atoms with Gasteiger partial charge in [0.15, 0.2) is 0 Å². The summed E-state index contributed by atoms with van der Waals surface area (Å²) >= 11 is 0. The molecule has 94 valence electrons. The van der Waals surface area contributed by atoms with Gasteiger partial charge >= 0.3 is 0 Å². The molecule has 1 amide bonds. The minimum Gasteiger partial charge on any atom is -0.383 e. The number of methoxy groups -OCH3 is 1. The summed E-state index contributed by atoms with van der Waals surface area (Å²) < 4.78 is 4.90. The van der Waals surface area contributed by atoms with E-state index in [2.05, 4.69) is 30.6 Å². The van der Waals surface area contributed by atoms with E-state index in [-0.39, 0.29) is 13.4 Å². The number of ether oxygens (including phenoxy) is 1. The van der Waals surface area contributed by atoms with Gasteiger partial charge in [0.25, 0.3) is 0 Å². The van der Waals surface area contributed by atoms with Crippen LogP contribution in [0.1, 0.15) is 28.1 Å². The fraction of sp³-hybridized carbons (Fsp3) is 0.750. The Hall–Kier alpha value is -1.03. The van der Waals surface area contributed by atoms with Crippen LogP contribution in [0.25, 0.3) is 0 Å². The number of nitrogens with one attached hydrogen (secondary N) is 1. The highest BCUT2D eigenvalue weighted by Crippen LogP contribution is 2.28. The lowest BCUT2D eigenvalue weighted by Crippen LogP contribution is -2.46. The molecule has 1 saturated heterocycles. The minimum absolute atomic E-state index is 0. The van der Waals surface area contributed by atoms with Crippen LogP contribution in [0.2, 0.25) is 0 Å². The van der Waals surface area contributed by atoms with E-state index >= 15 is 0 Å². The van der Waals surface area contributed by atoms with E-state index in [1.165, 1.54) is 0 Å². The normalized spacial score (nSPS) is 20.6. The molecule has 0 aromatic heterocycles. The Balaban J connectivity index is 0.00000256. The van der Waals surface area contributed by atoms with E-state index in [0.717, 1.165) is 18.5 Å². The molecular weight excluding hydrogens is 204 g/mol. The zero-order chi connectivity index (χ0) is 12.1. The number of likely N-dealkylation sites (tertiary alicyclic amines) is 1. The Morgan fingerprint density at radius 1 is 1.75 bits per heavy atom. The molecule has 4 nitrogen and oxygen atoms in total. The standard InChI is InChI=1S/C12H22N2O2.H2/c1-9(2)14-10(3)5-6-11(14)12(15)13-7-8-16-4;/h9,11H,3,5-8H2,1-2,4H3,(H,13,15);1H. The van der Waals surface area contributed by atoms with Crippen molar-refractivity contribution in [2.75, 3.05) is 20.3 Å². The van der Waals surface area contributed by atoms with E-state index in [1.807, 2.05) is 0 Å². The first-order valence-corrected chi connectivity index (χ1v) is 5.80. The number of carbonyl (C=O) groups is 1. The molecule has 1 aliphatic heterocycles. The summed E-state index contributed by atoms with van der Waals surface area (Å²) in [5.74, 6) is 0.0874. The van der Waals surface area contributed by atoms with Crippen LogP contribution in [-0.4, -0.2) is 43.2 Å². The quantitative estimate of drug-likeness (QED) is 0.723. The first-order valence-electron chi connectivity index (χ1n) is 5.80. The number of hydrogen-bond acceptors (Lipinski definition) is 3. The van der Waals surface area contributed by atoms with Gasteiger partial charge < -0.3 is 15.0 Å². The van der Waals surface area contributed by atoms with Gasteiger partial charge in [0.05, 0.1) is 6.61 Å². The Labute approximate surface area is 99.1 Å². The number of rotatable bonds is 5. The molecule has 1 aliphatic rings. The number of nitrogens with zero attached hydrogens (tertiary/aromatic N) is 1. The molecule has 1 heterocycles. The molecule has 0 aliphatic carbocycles. The van der Waals surface area contributed by atoms with Crippen LogP contribution in [0.3, 0.4) is 0 Å². The largest absolute Gasteiger partial charge is 0.383 e. The highest BCUT2D eigenvalue weighted by Gasteiger charge is 2.33. The Bertz CT molecular complexity index is 269. The van der Waals surface area contributed by atoms with E-state index in [0.29, 0.717) is 19.2 Å². The lowest BCUT2D eigenvalue weighted by molar-refractivity contribution is -0.125. The van der Waals surface area contributed by atoms with E-state index in [1.54, 1.807) is 7.11 Å². The van der Waals surface area contributed by atoms with Crippen molar-refractivity contribution in [3.63, 3.8) is 0 Å². The highest BCUT2D eigenvalue weighted by molar-refractivity contribution is 5.82. The second-order valence-corrected chi connectivity index (χ2v) is 4.41. The molecule has 4 heteroatoms. The molecule has 0 saturated carbocycles. The Morgan fingerprint density at radius 2 is 2.44 bits per heavy atom. The second-order valence-electron chi connectivity index (χ2n) is 4.41. The monoisotopic (exact) mass is 228 g/mol. The fourth-order valence-electron chi connectivity index (χ4n) is 2.17. The Morgan fingerprint density at radius 3 is 3.00 bits per heavy atom. The van der Waals surface area contributed by atoms with Gasteiger partial charge in [-0.3, -0.25) is 4.79 Å². The zero-order valence-electron chi connectivity index (χ0n) is 10.5. The van der Waals surface area contributed by atoms with Crippen molar-refractivity contribution in [2.45, 2.75) is 38.8 Å². The zero-order valence-corrected chi connectivity index (χ0v) is 10.5. The molecule has 0 aromatic rings. The second kappa shape index (κ2) is 5.89. The molecule has 1 fully saturated rings. The van der Waals surface area contributed by atoms with Gasteiger partial charge in [-0.05, 0) is 26.7 Å². The summed E-state index contributed by atoms with van der Waals surface area (Å²) in [6.45, 7) is 9.32. The first kappa shape index (κ1) is 13.0. The van der Waals surface area contributed by atoms with Crippen LogP contribution in [0, 0.1) is 0 Å². The summed E-state index contributed by atoms with van der Waals surface area (Å²) in [6, 6.07) is 0.275. The number of amides is 1. The van der Waals surface area contributed by atoms with Gasteiger partial charge in [-0.1, -0.05) is 6.58 Å². The van der Waals surface area contributed by atoms with Gasteiger partial charge in [-0.15, -0.1) is 0 Å². The van der Waals surface area contributed by atoms with Crippen molar-refractivity contribution in [1.82, 2.24) is 10.2 Å². The SMILES string of the molecule is C=C1CCC(C(=O)NCCOC)N1C(C)C.[HH]. The highest BCUT2D eigenvalue weighted by atomic mass is 16.5. The van der Waals surface area contributed by atoms with E-state index in [9.17, 15) is 4.79 Å². The topological polar surface area (TPSA) is 41.6 Å². The van der Waals surface area contributed by atoms with Crippen LogP contribution in [-0.2, 0) is 9.53 Å².